The van der Waals surface area contributed by atoms with Gasteiger partial charge in [-0.05, 0) is 38.7 Å². The monoisotopic (exact) mass is 330 g/mol. The largest absolute Gasteiger partial charge is 0.460 e. The van der Waals surface area contributed by atoms with Crippen molar-refractivity contribution in [2.75, 3.05) is 0 Å². The second kappa shape index (κ2) is 6.19. The second-order valence-corrected chi connectivity index (χ2v) is 8.07. The van der Waals surface area contributed by atoms with Gasteiger partial charge >= 0.3 is 5.97 Å². The van der Waals surface area contributed by atoms with Gasteiger partial charge in [0.2, 0.25) is 0 Å². The van der Waals surface area contributed by atoms with E-state index in [2.05, 4.69) is 6.92 Å². The zero-order valence-electron chi connectivity index (χ0n) is 15.2. The summed E-state index contributed by atoms with van der Waals surface area (Å²) in [5.41, 5.74) is -0.232. The SMILES string of the molecule is B[C@@H]1OC2C(C)(C)OC1C(C)CC2(C)C(=O)OCc1ccccc1. The van der Waals surface area contributed by atoms with Crippen LogP contribution in [0.3, 0.4) is 0 Å². The number of hydrogen-bond donors (Lipinski definition) is 0. The van der Waals surface area contributed by atoms with Crippen molar-refractivity contribution >= 4 is 13.8 Å². The van der Waals surface area contributed by atoms with Crippen LogP contribution in [0.4, 0.5) is 0 Å². The Bertz CT molecular complexity index is 603. The second-order valence-electron chi connectivity index (χ2n) is 8.07. The topological polar surface area (TPSA) is 44.8 Å². The smallest absolute Gasteiger partial charge is 0.314 e. The molecule has 0 saturated carbocycles. The number of carbonyl (C=O) groups excluding carboxylic acids is 1. The molecule has 3 aliphatic heterocycles. The molecule has 0 aliphatic carbocycles. The highest BCUT2D eigenvalue weighted by Gasteiger charge is 2.60. The highest BCUT2D eigenvalue weighted by Crippen LogP contribution is 2.49. The Morgan fingerprint density at radius 3 is 2.62 bits per heavy atom. The zero-order chi connectivity index (χ0) is 17.5. The standard InChI is InChI=1S/C19H27BO4/c1-12-10-19(4,16-18(2,3)24-14(12)15(20)23-16)17(21)22-11-13-8-6-5-7-9-13/h5-9,12,14-16H,10-11,20H2,1-4H3/t12?,14?,15-,16?,19?/m1/s1. The Kier molecular flexibility index (Phi) is 4.52. The summed E-state index contributed by atoms with van der Waals surface area (Å²) in [6.45, 7) is 8.41. The molecular weight excluding hydrogens is 303 g/mol. The minimum absolute atomic E-state index is 0.0122. The lowest BCUT2D eigenvalue weighted by Crippen LogP contribution is -2.59. The number of hydrogen-bond acceptors (Lipinski definition) is 4. The Morgan fingerprint density at radius 2 is 1.96 bits per heavy atom. The van der Waals surface area contributed by atoms with Crippen molar-refractivity contribution in [2.24, 2.45) is 11.3 Å². The van der Waals surface area contributed by atoms with Crippen molar-refractivity contribution in [3.63, 3.8) is 0 Å². The molecule has 3 fully saturated rings. The van der Waals surface area contributed by atoms with Crippen LogP contribution >= 0.6 is 0 Å². The van der Waals surface area contributed by atoms with Gasteiger partial charge in [0.25, 0.3) is 0 Å². The fourth-order valence-corrected chi connectivity index (χ4v) is 4.43. The van der Waals surface area contributed by atoms with Crippen LogP contribution in [-0.4, -0.2) is 37.6 Å². The molecule has 5 heteroatoms. The Hall–Kier alpha value is -1.33. The van der Waals surface area contributed by atoms with Gasteiger partial charge in [0.1, 0.15) is 20.6 Å². The van der Waals surface area contributed by atoms with Crippen molar-refractivity contribution in [2.45, 2.75) is 64.5 Å². The van der Waals surface area contributed by atoms with Gasteiger partial charge in [0.15, 0.2) is 0 Å². The molecule has 4 unspecified atom stereocenters. The number of fused-ring (bicyclic) bond motifs is 4. The summed E-state index contributed by atoms with van der Waals surface area (Å²) >= 11 is 0. The van der Waals surface area contributed by atoms with Crippen molar-refractivity contribution in [3.05, 3.63) is 35.9 Å². The van der Waals surface area contributed by atoms with Crippen LogP contribution in [0.2, 0.25) is 0 Å². The van der Waals surface area contributed by atoms with E-state index in [1.54, 1.807) is 0 Å². The molecule has 0 N–H and O–H groups in total. The van der Waals surface area contributed by atoms with E-state index >= 15 is 0 Å². The molecule has 3 aliphatic rings. The van der Waals surface area contributed by atoms with Crippen molar-refractivity contribution in [1.29, 1.82) is 0 Å². The Morgan fingerprint density at radius 1 is 1.29 bits per heavy atom. The maximum absolute atomic E-state index is 13.0. The van der Waals surface area contributed by atoms with E-state index in [4.69, 9.17) is 14.2 Å². The molecule has 1 aromatic rings. The first-order valence-corrected chi connectivity index (χ1v) is 8.78. The first-order valence-electron chi connectivity index (χ1n) is 8.78. The number of benzene rings is 1. The van der Waals surface area contributed by atoms with Crippen molar-refractivity contribution < 1.29 is 19.0 Å². The van der Waals surface area contributed by atoms with Gasteiger partial charge in [-0.3, -0.25) is 4.79 Å². The third-order valence-corrected chi connectivity index (χ3v) is 5.45. The van der Waals surface area contributed by atoms with E-state index in [1.807, 2.05) is 58.9 Å². The minimum Gasteiger partial charge on any atom is -0.460 e. The van der Waals surface area contributed by atoms with E-state index in [0.717, 1.165) is 5.56 Å². The zero-order valence-corrected chi connectivity index (χ0v) is 15.2. The van der Waals surface area contributed by atoms with E-state index in [-0.39, 0.29) is 36.7 Å². The van der Waals surface area contributed by atoms with Gasteiger partial charge in [-0.2, -0.15) is 0 Å². The summed E-state index contributed by atoms with van der Waals surface area (Å²) < 4.78 is 18.2. The van der Waals surface area contributed by atoms with Crippen molar-refractivity contribution in [3.8, 4) is 0 Å². The normalized spacial score (nSPS) is 37.7. The van der Waals surface area contributed by atoms with Gasteiger partial charge in [-0.25, -0.2) is 0 Å². The highest BCUT2D eigenvalue weighted by atomic mass is 16.6. The molecule has 4 rings (SSSR count). The van der Waals surface area contributed by atoms with Crippen LogP contribution in [0.15, 0.2) is 30.3 Å². The molecule has 0 radical (unpaired) electrons. The first kappa shape index (κ1) is 17.5. The number of ether oxygens (including phenoxy) is 3. The Balaban J connectivity index is 1.82. The maximum atomic E-state index is 13.0. The molecule has 1 aromatic carbocycles. The maximum Gasteiger partial charge on any atom is 0.314 e. The Labute approximate surface area is 145 Å². The van der Waals surface area contributed by atoms with E-state index < -0.39 is 11.0 Å². The van der Waals surface area contributed by atoms with Crippen LogP contribution in [0.25, 0.3) is 0 Å². The molecule has 3 saturated heterocycles. The van der Waals surface area contributed by atoms with E-state index in [1.165, 1.54) is 0 Å². The molecule has 0 aromatic heterocycles. The summed E-state index contributed by atoms with van der Waals surface area (Å²) in [5, 5.41) is 0. The lowest BCUT2D eigenvalue weighted by atomic mass is 9.72. The van der Waals surface area contributed by atoms with Gasteiger partial charge in [0, 0.05) is 0 Å². The number of rotatable bonds is 3. The van der Waals surface area contributed by atoms with Gasteiger partial charge in [-0.1, -0.05) is 37.3 Å². The molecule has 24 heavy (non-hydrogen) atoms. The summed E-state index contributed by atoms with van der Waals surface area (Å²) in [6, 6.07) is 9.75. The molecule has 0 amide bonds. The lowest BCUT2D eigenvalue weighted by Gasteiger charge is -2.48. The van der Waals surface area contributed by atoms with Crippen LogP contribution in [-0.2, 0) is 25.6 Å². The molecule has 0 spiro atoms. The molecule has 4 nitrogen and oxygen atoms in total. The predicted molar refractivity (Wildman–Crippen MR) is 94.3 cm³/mol. The highest BCUT2D eigenvalue weighted by molar-refractivity contribution is 6.11. The summed E-state index contributed by atoms with van der Waals surface area (Å²) in [7, 11) is 2.03. The van der Waals surface area contributed by atoms with Crippen molar-refractivity contribution in [1.82, 2.24) is 0 Å². The van der Waals surface area contributed by atoms with Gasteiger partial charge in [0.05, 0.1) is 23.1 Å². The lowest BCUT2D eigenvalue weighted by molar-refractivity contribution is -0.253. The molecule has 3 heterocycles. The molecular formula is C19H27BO4. The minimum atomic E-state index is -0.711. The van der Waals surface area contributed by atoms with Crippen LogP contribution in [0.5, 0.6) is 0 Å². The van der Waals surface area contributed by atoms with Gasteiger partial charge < -0.3 is 14.2 Å². The summed E-state index contributed by atoms with van der Waals surface area (Å²) in [5.74, 6) is 0.0377. The van der Waals surface area contributed by atoms with Crippen LogP contribution in [0.1, 0.15) is 39.7 Å². The van der Waals surface area contributed by atoms with Crippen LogP contribution < -0.4 is 0 Å². The fourth-order valence-electron chi connectivity index (χ4n) is 4.43. The average Bonchev–Trinajstić information content (AvgIpc) is 2.68. The van der Waals surface area contributed by atoms with Gasteiger partial charge in [-0.15, -0.1) is 0 Å². The number of carbonyl (C=O) groups is 1. The predicted octanol–water partition coefficient (Wildman–Crippen LogP) is 2.30. The molecule has 2 bridgehead atoms. The number of esters is 1. The van der Waals surface area contributed by atoms with E-state index in [9.17, 15) is 4.79 Å². The fraction of sp³-hybridized carbons (Fsp3) is 0.632. The molecule has 130 valence electrons. The average molecular weight is 330 g/mol. The first-order chi connectivity index (χ1) is 11.2. The van der Waals surface area contributed by atoms with E-state index in [0.29, 0.717) is 6.42 Å². The third kappa shape index (κ3) is 3.00. The summed E-state index contributed by atoms with van der Waals surface area (Å²) in [4.78, 5) is 13.0. The third-order valence-electron chi connectivity index (χ3n) is 5.45. The van der Waals surface area contributed by atoms with Crippen LogP contribution in [0, 0.1) is 11.3 Å². The quantitative estimate of drug-likeness (QED) is 0.630. The summed E-state index contributed by atoms with van der Waals surface area (Å²) in [6.07, 6.45) is 0.411. The molecule has 5 atom stereocenters.